The molecule has 3 aliphatic rings. The Morgan fingerprint density at radius 3 is 2.47 bits per heavy atom. The van der Waals surface area contributed by atoms with Crippen LogP contribution in [0.5, 0.6) is 0 Å². The van der Waals surface area contributed by atoms with Gasteiger partial charge in [-0.2, -0.15) is 5.26 Å². The zero-order chi connectivity index (χ0) is 24.1. The minimum atomic E-state index is -1.05. The fourth-order valence-corrected chi connectivity index (χ4v) is 5.17. The summed E-state index contributed by atoms with van der Waals surface area (Å²) in [5, 5.41) is 20.6. The minimum absolute atomic E-state index is 0.0735. The first-order chi connectivity index (χ1) is 16.3. The number of allylic oxidation sites excluding steroid dienone is 2. The second-order valence-electron chi connectivity index (χ2n) is 8.14. The predicted octanol–water partition coefficient (Wildman–Crippen LogP) is 3.38. The van der Waals surface area contributed by atoms with E-state index >= 15 is 0 Å². The molecule has 3 aliphatic heterocycles. The SMILES string of the molecule is N#CC1=C[C@@H]2[C@@H]3C(=O)N(c4ccc(Br)cc4)C(=O)[C@H]3[C@H](C(=O)c3cccc([N+](=O)[O-])c3)N2C=C1. The summed E-state index contributed by atoms with van der Waals surface area (Å²) in [6, 6.07) is 12.3. The topological polar surface area (TPSA) is 125 Å². The summed E-state index contributed by atoms with van der Waals surface area (Å²) in [6.07, 6.45) is 4.66. The van der Waals surface area contributed by atoms with Crippen molar-refractivity contribution >= 4 is 44.9 Å². The highest BCUT2D eigenvalue weighted by Gasteiger charge is 2.63. The van der Waals surface area contributed by atoms with Crippen molar-refractivity contribution < 1.29 is 19.3 Å². The summed E-state index contributed by atoms with van der Waals surface area (Å²) in [4.78, 5) is 54.1. The Bertz CT molecular complexity index is 1360. The van der Waals surface area contributed by atoms with E-state index in [0.29, 0.717) is 11.3 Å². The maximum absolute atomic E-state index is 13.6. The summed E-state index contributed by atoms with van der Waals surface area (Å²) in [5.74, 6) is -3.36. The van der Waals surface area contributed by atoms with Crippen molar-refractivity contribution in [2.24, 2.45) is 11.8 Å². The average molecular weight is 519 g/mol. The number of nitrogens with zero attached hydrogens (tertiary/aromatic N) is 4. The number of rotatable bonds is 4. The molecule has 2 amide bonds. The third-order valence-electron chi connectivity index (χ3n) is 6.37. The molecule has 34 heavy (non-hydrogen) atoms. The molecule has 10 heteroatoms. The normalized spacial score (nSPS) is 25.0. The van der Waals surface area contributed by atoms with Crippen LogP contribution in [0.4, 0.5) is 11.4 Å². The van der Waals surface area contributed by atoms with Crippen LogP contribution < -0.4 is 4.90 Å². The van der Waals surface area contributed by atoms with Crippen LogP contribution >= 0.6 is 15.9 Å². The van der Waals surface area contributed by atoms with Crippen molar-refractivity contribution in [1.82, 2.24) is 4.90 Å². The number of hydrogen-bond acceptors (Lipinski definition) is 7. The molecule has 0 saturated carbocycles. The smallest absolute Gasteiger partial charge is 0.270 e. The monoisotopic (exact) mass is 518 g/mol. The molecular weight excluding hydrogens is 504 g/mol. The minimum Gasteiger partial charge on any atom is -0.359 e. The number of carbonyl (C=O) groups is 3. The lowest BCUT2D eigenvalue weighted by Crippen LogP contribution is -2.46. The molecular formula is C24H15BrN4O5. The lowest BCUT2D eigenvalue weighted by Gasteiger charge is -2.32. The molecule has 0 bridgehead atoms. The molecule has 2 aromatic carbocycles. The molecule has 0 aromatic heterocycles. The van der Waals surface area contributed by atoms with E-state index in [9.17, 15) is 29.8 Å². The molecule has 2 aromatic rings. The molecule has 5 rings (SSSR count). The van der Waals surface area contributed by atoms with Gasteiger partial charge in [-0.25, -0.2) is 4.90 Å². The number of hydrogen-bond donors (Lipinski definition) is 0. The number of nitriles is 1. The van der Waals surface area contributed by atoms with Crippen molar-refractivity contribution in [3.63, 3.8) is 0 Å². The average Bonchev–Trinajstić information content (AvgIpc) is 3.31. The molecule has 3 heterocycles. The quantitative estimate of drug-likeness (QED) is 0.263. The number of anilines is 1. The fourth-order valence-electron chi connectivity index (χ4n) is 4.91. The van der Waals surface area contributed by atoms with E-state index in [-0.39, 0.29) is 11.3 Å². The first-order valence-corrected chi connectivity index (χ1v) is 11.1. The van der Waals surface area contributed by atoms with Gasteiger partial charge in [0.25, 0.3) is 5.69 Å². The Morgan fingerprint density at radius 2 is 1.79 bits per heavy atom. The van der Waals surface area contributed by atoms with Gasteiger partial charge in [-0.1, -0.05) is 28.1 Å². The Balaban J connectivity index is 1.60. The van der Waals surface area contributed by atoms with Gasteiger partial charge in [-0.15, -0.1) is 0 Å². The number of imide groups is 1. The number of non-ortho nitro benzene ring substituents is 1. The second kappa shape index (κ2) is 8.04. The number of Topliss-reactive ketones (excluding diaryl/α,β-unsaturated/α-hetero) is 1. The molecule has 0 unspecified atom stereocenters. The molecule has 168 valence electrons. The highest BCUT2D eigenvalue weighted by Crippen LogP contribution is 2.47. The Morgan fingerprint density at radius 1 is 1.09 bits per heavy atom. The number of halogens is 1. The molecule has 4 atom stereocenters. The third-order valence-corrected chi connectivity index (χ3v) is 6.90. The number of fused-ring (bicyclic) bond motifs is 3. The lowest BCUT2D eigenvalue weighted by molar-refractivity contribution is -0.384. The number of carbonyl (C=O) groups excluding carboxylic acids is 3. The molecule has 0 N–H and O–H groups in total. The molecule has 0 spiro atoms. The van der Waals surface area contributed by atoms with Crippen molar-refractivity contribution in [2.45, 2.75) is 12.1 Å². The number of nitro benzene ring substituents is 1. The fraction of sp³-hybridized carbons (Fsp3) is 0.167. The van der Waals surface area contributed by atoms with Crippen LogP contribution in [0.25, 0.3) is 0 Å². The van der Waals surface area contributed by atoms with Crippen LogP contribution in [-0.4, -0.2) is 39.5 Å². The van der Waals surface area contributed by atoms with Gasteiger partial charge >= 0.3 is 0 Å². The standard InChI is InChI=1S/C24H15BrN4O5/c25-15-4-6-16(7-5-15)28-23(31)19-18-10-13(12-26)8-9-27(18)21(20(19)24(28)32)22(30)14-2-1-3-17(11-14)29(33)34/h1-11,18-21H/t18-,19+,20-,21-/m1/s1. The lowest BCUT2D eigenvalue weighted by atomic mass is 9.86. The van der Waals surface area contributed by atoms with Gasteiger partial charge in [0.15, 0.2) is 5.78 Å². The highest BCUT2D eigenvalue weighted by atomic mass is 79.9. The van der Waals surface area contributed by atoms with Gasteiger partial charge in [0, 0.05) is 28.4 Å². The number of benzene rings is 2. The second-order valence-corrected chi connectivity index (χ2v) is 9.06. The van der Waals surface area contributed by atoms with Crippen molar-refractivity contribution in [2.75, 3.05) is 4.90 Å². The molecule has 2 fully saturated rings. The van der Waals surface area contributed by atoms with Crippen LogP contribution in [0.2, 0.25) is 0 Å². The van der Waals surface area contributed by atoms with E-state index < -0.39 is 46.4 Å². The van der Waals surface area contributed by atoms with Crippen molar-refractivity contribution in [3.05, 3.63) is 92.6 Å². The van der Waals surface area contributed by atoms with E-state index in [0.717, 1.165) is 9.37 Å². The summed E-state index contributed by atoms with van der Waals surface area (Å²) in [6.45, 7) is 0. The Hall–Kier alpha value is -4.10. The van der Waals surface area contributed by atoms with Crippen LogP contribution in [0.15, 0.2) is 76.9 Å². The van der Waals surface area contributed by atoms with Gasteiger partial charge in [0.2, 0.25) is 11.8 Å². The van der Waals surface area contributed by atoms with Gasteiger partial charge in [-0.05, 0) is 36.4 Å². The van der Waals surface area contributed by atoms with Crippen LogP contribution in [0, 0.1) is 33.3 Å². The Kier molecular flexibility index (Phi) is 5.14. The van der Waals surface area contributed by atoms with Crippen LogP contribution in [0.1, 0.15) is 10.4 Å². The largest absolute Gasteiger partial charge is 0.359 e. The Labute approximate surface area is 201 Å². The molecule has 9 nitrogen and oxygen atoms in total. The van der Waals surface area contributed by atoms with Gasteiger partial charge in [0.1, 0.15) is 6.04 Å². The first-order valence-electron chi connectivity index (χ1n) is 10.3. The summed E-state index contributed by atoms with van der Waals surface area (Å²) < 4.78 is 0.777. The van der Waals surface area contributed by atoms with E-state index in [4.69, 9.17) is 0 Å². The number of nitro groups is 1. The van der Waals surface area contributed by atoms with Gasteiger partial charge in [0.05, 0.1) is 40.1 Å². The molecule has 0 aliphatic carbocycles. The van der Waals surface area contributed by atoms with Crippen molar-refractivity contribution in [1.29, 1.82) is 5.26 Å². The zero-order valence-electron chi connectivity index (χ0n) is 17.4. The summed E-state index contributed by atoms with van der Waals surface area (Å²) in [7, 11) is 0. The molecule has 0 radical (unpaired) electrons. The summed E-state index contributed by atoms with van der Waals surface area (Å²) >= 11 is 3.33. The predicted molar refractivity (Wildman–Crippen MR) is 123 cm³/mol. The maximum atomic E-state index is 13.6. The maximum Gasteiger partial charge on any atom is 0.270 e. The van der Waals surface area contributed by atoms with E-state index in [1.807, 2.05) is 6.07 Å². The zero-order valence-corrected chi connectivity index (χ0v) is 19.0. The number of amides is 2. The van der Waals surface area contributed by atoms with Crippen molar-refractivity contribution in [3.8, 4) is 6.07 Å². The van der Waals surface area contributed by atoms with E-state index in [1.165, 1.54) is 30.3 Å². The highest BCUT2D eigenvalue weighted by molar-refractivity contribution is 9.10. The van der Waals surface area contributed by atoms with Crippen LogP contribution in [0.3, 0.4) is 0 Å². The third kappa shape index (κ3) is 3.24. The number of ketones is 1. The molecule has 2 saturated heterocycles. The van der Waals surface area contributed by atoms with E-state index in [2.05, 4.69) is 15.9 Å². The summed E-state index contributed by atoms with van der Waals surface area (Å²) in [5.41, 5.74) is 0.537. The van der Waals surface area contributed by atoms with E-state index in [1.54, 1.807) is 41.4 Å². The van der Waals surface area contributed by atoms with Gasteiger partial charge < -0.3 is 4.90 Å². The van der Waals surface area contributed by atoms with Crippen LogP contribution in [-0.2, 0) is 9.59 Å². The first kappa shape index (κ1) is 21.7. The van der Waals surface area contributed by atoms with Gasteiger partial charge in [-0.3, -0.25) is 24.5 Å².